The molecule has 0 saturated heterocycles. The number of nitrogen functional groups attached to an aromatic ring is 1. The lowest BCUT2D eigenvalue weighted by molar-refractivity contribution is 0.145. The lowest BCUT2D eigenvalue weighted by Gasteiger charge is -2.13. The molecule has 0 radical (unpaired) electrons. The molecule has 0 aromatic carbocycles. The van der Waals surface area contributed by atoms with E-state index in [9.17, 15) is 4.57 Å². The molecule has 3 rings (SSSR count). The van der Waals surface area contributed by atoms with Crippen molar-refractivity contribution in [2.24, 2.45) is 0 Å². The van der Waals surface area contributed by atoms with Crippen molar-refractivity contribution in [2.75, 3.05) is 12.8 Å². The normalized spacial score (nSPS) is 13.0. The number of rotatable bonds is 7. The molecule has 3 aromatic heterocycles. The van der Waals surface area contributed by atoms with Gasteiger partial charge in [-0.15, -0.1) is 0 Å². The number of fused-ring (bicyclic) bond motifs is 1. The Morgan fingerprint density at radius 3 is 2.60 bits per heavy atom. The first-order valence-corrected chi connectivity index (χ1v) is 10.9. The molecule has 162 valence electrons. The van der Waals surface area contributed by atoms with Crippen molar-refractivity contribution >= 4 is 24.8 Å². The first-order chi connectivity index (χ1) is 14.0. The van der Waals surface area contributed by atoms with Crippen molar-refractivity contribution in [3.63, 3.8) is 0 Å². The summed E-state index contributed by atoms with van der Waals surface area (Å²) in [7, 11) is -2.96. The van der Waals surface area contributed by atoms with Gasteiger partial charge in [-0.05, 0) is 33.3 Å². The van der Waals surface area contributed by atoms with E-state index in [0.717, 1.165) is 33.5 Å². The maximum Gasteiger partial charge on any atom is 0.469 e. The Bertz CT molecular complexity index is 1140. The van der Waals surface area contributed by atoms with Crippen LogP contribution in [-0.4, -0.2) is 42.5 Å². The second-order valence-corrected chi connectivity index (χ2v) is 8.50. The first kappa shape index (κ1) is 22.2. The molecule has 3 heterocycles. The quantitative estimate of drug-likeness (QED) is 0.476. The number of phosphoric acid groups is 1. The third kappa shape index (κ3) is 4.62. The van der Waals surface area contributed by atoms with Crippen molar-refractivity contribution in [1.29, 1.82) is 0 Å². The number of pyridine rings is 1. The van der Waals surface area contributed by atoms with E-state index < -0.39 is 13.9 Å². The van der Waals surface area contributed by atoms with Crippen molar-refractivity contribution in [3.05, 3.63) is 40.5 Å². The van der Waals surface area contributed by atoms with Crippen LogP contribution in [-0.2, 0) is 22.1 Å². The molecule has 4 N–H and O–H groups in total. The second-order valence-electron chi connectivity index (χ2n) is 7.30. The number of phosphoric ester groups is 1. The van der Waals surface area contributed by atoms with Crippen LogP contribution in [0.5, 0.6) is 5.75 Å². The Morgan fingerprint density at radius 2 is 1.97 bits per heavy atom. The van der Waals surface area contributed by atoms with E-state index in [2.05, 4.69) is 15.0 Å². The molecule has 3 aromatic rings. The minimum Gasteiger partial charge on any atom is -0.496 e. The number of aryl methyl sites for hydroxylation is 2. The fraction of sp³-hybridized carbons (Fsp3) is 0.421. The number of hydrogen-bond acceptors (Lipinski definition) is 7. The third-order valence-corrected chi connectivity index (χ3v) is 5.52. The summed E-state index contributed by atoms with van der Waals surface area (Å²) in [4.78, 5) is 31.4. The molecule has 0 fully saturated rings. The van der Waals surface area contributed by atoms with Crippen LogP contribution >= 0.6 is 7.82 Å². The maximum absolute atomic E-state index is 11.2. The van der Waals surface area contributed by atoms with Gasteiger partial charge >= 0.3 is 7.82 Å². The molecular weight excluding hydrogens is 409 g/mol. The number of hydrogen-bond donors (Lipinski definition) is 3. The summed E-state index contributed by atoms with van der Waals surface area (Å²) >= 11 is 0. The number of nitrogens with zero attached hydrogens (tertiary/aromatic N) is 4. The van der Waals surface area contributed by atoms with Gasteiger partial charge in [0, 0.05) is 35.3 Å². The molecule has 0 aliphatic heterocycles. The van der Waals surface area contributed by atoms with Crippen LogP contribution in [0.1, 0.15) is 35.0 Å². The maximum atomic E-state index is 11.2. The molecule has 0 aliphatic rings. The highest BCUT2D eigenvalue weighted by Gasteiger charge is 2.22. The van der Waals surface area contributed by atoms with E-state index in [1.165, 1.54) is 0 Å². The molecule has 1 atom stereocenters. The van der Waals surface area contributed by atoms with Crippen molar-refractivity contribution in [1.82, 2.24) is 19.5 Å². The van der Waals surface area contributed by atoms with Gasteiger partial charge in [-0.1, -0.05) is 0 Å². The molecule has 0 bridgehead atoms. The van der Waals surface area contributed by atoms with E-state index in [1.54, 1.807) is 20.2 Å². The van der Waals surface area contributed by atoms with Crippen LogP contribution in [0.15, 0.2) is 12.4 Å². The number of aromatic nitrogens is 4. The van der Waals surface area contributed by atoms with Gasteiger partial charge in [0.25, 0.3) is 0 Å². The molecule has 1 unspecified atom stereocenters. The van der Waals surface area contributed by atoms with Crippen molar-refractivity contribution in [2.45, 2.75) is 46.8 Å². The predicted octanol–water partition coefficient (Wildman–Crippen LogP) is 2.43. The summed E-state index contributed by atoms with van der Waals surface area (Å²) in [6.45, 7) is 7.73. The van der Waals surface area contributed by atoms with Gasteiger partial charge in [-0.2, -0.15) is 4.98 Å². The lowest BCUT2D eigenvalue weighted by atomic mass is 10.1. The van der Waals surface area contributed by atoms with Crippen LogP contribution in [0.3, 0.4) is 0 Å². The average molecular weight is 435 g/mol. The topological polar surface area (TPSA) is 146 Å². The van der Waals surface area contributed by atoms with Gasteiger partial charge in [-0.3, -0.25) is 9.51 Å². The average Bonchev–Trinajstić information content (AvgIpc) is 2.93. The number of methoxy groups -OCH3 is 1. The third-order valence-electron chi connectivity index (χ3n) is 4.89. The minimum atomic E-state index is -4.59. The highest BCUT2D eigenvalue weighted by Crippen LogP contribution is 2.38. The summed E-state index contributed by atoms with van der Waals surface area (Å²) in [6.07, 6.45) is 3.20. The lowest BCUT2D eigenvalue weighted by Crippen LogP contribution is -2.10. The van der Waals surface area contributed by atoms with E-state index in [-0.39, 0.29) is 12.4 Å². The molecule has 0 amide bonds. The Morgan fingerprint density at radius 1 is 1.27 bits per heavy atom. The van der Waals surface area contributed by atoms with Gasteiger partial charge in [0.1, 0.15) is 11.4 Å². The van der Waals surface area contributed by atoms with Gasteiger partial charge in [0.2, 0.25) is 5.95 Å². The fourth-order valence-electron chi connectivity index (χ4n) is 3.73. The summed E-state index contributed by atoms with van der Waals surface area (Å²) in [5.74, 6) is 0.933. The zero-order valence-electron chi connectivity index (χ0n) is 17.6. The number of ether oxygens (including phenoxy) is 1. The molecular formula is C19H26N5O5P. The monoisotopic (exact) mass is 435 g/mol. The zero-order chi connectivity index (χ0) is 22.2. The minimum absolute atomic E-state index is 0.150. The fourth-order valence-corrected chi connectivity index (χ4v) is 4.27. The smallest absolute Gasteiger partial charge is 0.469 e. The highest BCUT2D eigenvalue weighted by atomic mass is 31.2. The van der Waals surface area contributed by atoms with Gasteiger partial charge in [0.05, 0.1) is 31.1 Å². The van der Waals surface area contributed by atoms with Gasteiger partial charge < -0.3 is 24.8 Å². The molecule has 11 heteroatoms. The van der Waals surface area contributed by atoms with Gasteiger partial charge in [0.15, 0.2) is 0 Å². The van der Waals surface area contributed by atoms with E-state index in [4.69, 9.17) is 24.8 Å². The molecule has 0 saturated carbocycles. The Labute approximate surface area is 174 Å². The van der Waals surface area contributed by atoms with Crippen molar-refractivity contribution < 1.29 is 23.6 Å². The van der Waals surface area contributed by atoms with Crippen LogP contribution < -0.4 is 10.5 Å². The summed E-state index contributed by atoms with van der Waals surface area (Å²) < 4.78 is 23.4. The van der Waals surface area contributed by atoms with Crippen LogP contribution in [0.4, 0.5) is 5.95 Å². The largest absolute Gasteiger partial charge is 0.496 e. The van der Waals surface area contributed by atoms with E-state index in [1.807, 2.05) is 31.5 Å². The molecule has 10 nitrogen and oxygen atoms in total. The number of nitrogens with two attached hydrogens (primary N) is 1. The summed E-state index contributed by atoms with van der Waals surface area (Å²) in [5.41, 5.74) is 10.7. The number of anilines is 1. The predicted molar refractivity (Wildman–Crippen MR) is 112 cm³/mol. The summed E-state index contributed by atoms with van der Waals surface area (Å²) in [5, 5.41) is 0.780. The molecule has 0 aliphatic carbocycles. The van der Waals surface area contributed by atoms with Crippen LogP contribution in [0, 0.1) is 20.8 Å². The molecule has 0 spiro atoms. The van der Waals surface area contributed by atoms with E-state index in [0.29, 0.717) is 17.9 Å². The van der Waals surface area contributed by atoms with Crippen LogP contribution in [0.25, 0.3) is 11.0 Å². The van der Waals surface area contributed by atoms with E-state index >= 15 is 0 Å². The Kier molecular flexibility index (Phi) is 6.14. The summed E-state index contributed by atoms with van der Waals surface area (Å²) in [6, 6.07) is 0. The Hall–Kier alpha value is -2.52. The Balaban J connectivity index is 2.07. The zero-order valence-corrected chi connectivity index (χ0v) is 18.5. The first-order valence-electron chi connectivity index (χ1n) is 9.35. The SMILES string of the molecule is COc1c(C)cnc(Cn2cc(CC(C)OP(=O)(O)O)c3c(C)nc(N)nc32)c1C. The van der Waals surface area contributed by atoms with Gasteiger partial charge in [-0.25, -0.2) is 9.55 Å². The standard InChI is InChI=1S/C19H26N5O5P/c1-10-7-21-15(12(3)17(10)28-5)9-24-8-14(6-11(2)29-30(25,26)27)16-13(4)22-19(20)23-18(16)24/h7-8,11H,6,9H2,1-5H3,(H2,20,22,23)(H2,25,26,27). The van der Waals surface area contributed by atoms with Crippen LogP contribution in [0.2, 0.25) is 0 Å². The second kappa shape index (κ2) is 8.31. The molecule has 30 heavy (non-hydrogen) atoms. The highest BCUT2D eigenvalue weighted by molar-refractivity contribution is 7.46. The van der Waals surface area contributed by atoms with Crippen molar-refractivity contribution in [3.8, 4) is 5.75 Å².